The van der Waals surface area contributed by atoms with Crippen molar-refractivity contribution >= 4 is 28.9 Å². The van der Waals surface area contributed by atoms with Crippen molar-refractivity contribution in [3.8, 4) is 11.5 Å². The van der Waals surface area contributed by atoms with Crippen LogP contribution in [0.25, 0.3) is 0 Å². The van der Waals surface area contributed by atoms with Crippen LogP contribution in [0.4, 0.5) is 5.69 Å². The lowest BCUT2D eigenvalue weighted by Gasteiger charge is -2.13. The van der Waals surface area contributed by atoms with E-state index in [2.05, 4.69) is 0 Å². The van der Waals surface area contributed by atoms with Crippen molar-refractivity contribution in [1.82, 2.24) is 0 Å². The summed E-state index contributed by atoms with van der Waals surface area (Å²) in [6.45, 7) is 2.35. The van der Waals surface area contributed by atoms with Crippen molar-refractivity contribution in [1.29, 1.82) is 0 Å². The van der Waals surface area contributed by atoms with Gasteiger partial charge >= 0.3 is 0 Å². The summed E-state index contributed by atoms with van der Waals surface area (Å²) in [6.07, 6.45) is 0. The molecule has 2 aromatic rings. The van der Waals surface area contributed by atoms with E-state index >= 15 is 0 Å². The fourth-order valence-corrected chi connectivity index (χ4v) is 2.17. The zero-order valence-electron chi connectivity index (χ0n) is 11.2. The van der Waals surface area contributed by atoms with Crippen LogP contribution in [-0.2, 0) is 6.61 Å². The van der Waals surface area contributed by atoms with Crippen molar-refractivity contribution in [2.75, 3.05) is 12.8 Å². The van der Waals surface area contributed by atoms with Gasteiger partial charge < -0.3 is 15.2 Å². The number of hydrogen-bond donors (Lipinski definition) is 1. The fraction of sp³-hybridized carbons (Fsp3) is 0.200. The number of nitrogen functional groups attached to an aromatic ring is 1. The lowest BCUT2D eigenvalue weighted by Crippen LogP contribution is -2.01. The van der Waals surface area contributed by atoms with Crippen molar-refractivity contribution in [3.05, 3.63) is 51.5 Å². The Hall–Kier alpha value is -1.58. The Kier molecular flexibility index (Phi) is 4.63. The van der Waals surface area contributed by atoms with E-state index in [4.69, 9.17) is 38.4 Å². The first-order valence-electron chi connectivity index (χ1n) is 6.02. The monoisotopic (exact) mass is 311 g/mol. The predicted octanol–water partition coefficient (Wildman–Crippen LogP) is 4.47. The minimum Gasteiger partial charge on any atom is -0.496 e. The van der Waals surface area contributed by atoms with E-state index in [-0.39, 0.29) is 0 Å². The molecule has 0 atom stereocenters. The first-order valence-corrected chi connectivity index (χ1v) is 6.77. The Bertz CT molecular complexity index is 630. The van der Waals surface area contributed by atoms with Gasteiger partial charge in [0.05, 0.1) is 22.8 Å². The van der Waals surface area contributed by atoms with E-state index in [0.29, 0.717) is 28.1 Å². The summed E-state index contributed by atoms with van der Waals surface area (Å²) in [5.41, 5.74) is 8.38. The molecule has 20 heavy (non-hydrogen) atoms. The van der Waals surface area contributed by atoms with Crippen molar-refractivity contribution in [2.24, 2.45) is 0 Å². The van der Waals surface area contributed by atoms with E-state index < -0.39 is 0 Å². The molecule has 2 N–H and O–H groups in total. The number of rotatable bonds is 4. The van der Waals surface area contributed by atoms with Crippen LogP contribution in [-0.4, -0.2) is 7.11 Å². The molecule has 0 fully saturated rings. The third kappa shape index (κ3) is 3.30. The molecule has 2 rings (SSSR count). The molecule has 2 aromatic carbocycles. The second-order valence-corrected chi connectivity index (χ2v) is 5.22. The number of methoxy groups -OCH3 is 1. The largest absolute Gasteiger partial charge is 0.496 e. The number of aryl methyl sites for hydroxylation is 1. The van der Waals surface area contributed by atoms with Gasteiger partial charge in [-0.1, -0.05) is 34.8 Å². The van der Waals surface area contributed by atoms with Gasteiger partial charge in [-0.05, 0) is 25.1 Å². The Morgan fingerprint density at radius 1 is 1.05 bits per heavy atom. The highest BCUT2D eigenvalue weighted by Gasteiger charge is 2.09. The number of ether oxygens (including phenoxy) is 2. The molecule has 0 saturated carbocycles. The van der Waals surface area contributed by atoms with Gasteiger partial charge in [-0.2, -0.15) is 0 Å². The molecule has 0 amide bonds. The van der Waals surface area contributed by atoms with E-state index in [9.17, 15) is 0 Å². The molecule has 0 saturated heterocycles. The molecule has 0 heterocycles. The molecule has 0 spiro atoms. The van der Waals surface area contributed by atoms with Crippen LogP contribution in [0.2, 0.25) is 10.0 Å². The molecular formula is C15H15Cl2NO2. The molecule has 0 aliphatic rings. The Morgan fingerprint density at radius 2 is 1.75 bits per heavy atom. The minimum atomic E-state index is 0.340. The molecular weight excluding hydrogens is 297 g/mol. The highest BCUT2D eigenvalue weighted by molar-refractivity contribution is 6.42. The lowest BCUT2D eigenvalue weighted by molar-refractivity contribution is 0.298. The molecule has 5 heteroatoms. The summed E-state index contributed by atoms with van der Waals surface area (Å²) < 4.78 is 11.0. The summed E-state index contributed by atoms with van der Waals surface area (Å²) in [7, 11) is 1.63. The minimum absolute atomic E-state index is 0.340. The van der Waals surface area contributed by atoms with Crippen LogP contribution in [0.3, 0.4) is 0 Å². The van der Waals surface area contributed by atoms with Gasteiger partial charge in [-0.15, -0.1) is 0 Å². The Morgan fingerprint density at radius 3 is 2.45 bits per heavy atom. The van der Waals surface area contributed by atoms with Crippen molar-refractivity contribution < 1.29 is 9.47 Å². The molecule has 0 aromatic heterocycles. The highest BCUT2D eigenvalue weighted by Crippen LogP contribution is 2.33. The summed E-state index contributed by atoms with van der Waals surface area (Å²) >= 11 is 11.8. The third-order valence-electron chi connectivity index (χ3n) is 2.87. The second-order valence-electron chi connectivity index (χ2n) is 4.41. The van der Waals surface area contributed by atoms with Gasteiger partial charge in [0.1, 0.15) is 18.1 Å². The average Bonchev–Trinajstić information content (AvgIpc) is 2.41. The van der Waals surface area contributed by atoms with Crippen LogP contribution >= 0.6 is 23.2 Å². The molecule has 0 bridgehead atoms. The number of anilines is 1. The summed E-state index contributed by atoms with van der Waals surface area (Å²) in [5.74, 6) is 1.28. The fourth-order valence-electron chi connectivity index (χ4n) is 1.84. The molecule has 106 valence electrons. The summed E-state index contributed by atoms with van der Waals surface area (Å²) in [5, 5.41) is 0.816. The van der Waals surface area contributed by atoms with Crippen LogP contribution in [0.1, 0.15) is 11.1 Å². The second kappa shape index (κ2) is 6.25. The van der Waals surface area contributed by atoms with Crippen LogP contribution in [0.15, 0.2) is 30.3 Å². The molecule has 0 aliphatic heterocycles. The van der Waals surface area contributed by atoms with Gasteiger partial charge in [0, 0.05) is 11.6 Å². The van der Waals surface area contributed by atoms with Crippen LogP contribution in [0, 0.1) is 6.92 Å². The maximum atomic E-state index is 5.96. The van der Waals surface area contributed by atoms with Gasteiger partial charge in [0.15, 0.2) is 0 Å². The maximum absolute atomic E-state index is 5.96. The topological polar surface area (TPSA) is 44.5 Å². The summed E-state index contributed by atoms with van der Waals surface area (Å²) in [6, 6.07) is 9.09. The van der Waals surface area contributed by atoms with Gasteiger partial charge in [-0.3, -0.25) is 0 Å². The molecule has 3 nitrogen and oxygen atoms in total. The zero-order valence-corrected chi connectivity index (χ0v) is 12.8. The quantitative estimate of drug-likeness (QED) is 0.847. The molecule has 0 aliphatic carbocycles. The van der Waals surface area contributed by atoms with Gasteiger partial charge in [-0.25, -0.2) is 0 Å². The van der Waals surface area contributed by atoms with Crippen LogP contribution < -0.4 is 15.2 Å². The number of hydrogen-bond acceptors (Lipinski definition) is 3. The Balaban J connectivity index is 2.21. The van der Waals surface area contributed by atoms with Gasteiger partial charge in [0.2, 0.25) is 0 Å². The van der Waals surface area contributed by atoms with E-state index in [1.54, 1.807) is 19.2 Å². The maximum Gasteiger partial charge on any atom is 0.144 e. The average molecular weight is 312 g/mol. The smallest absolute Gasteiger partial charge is 0.144 e. The third-order valence-corrected chi connectivity index (χ3v) is 3.59. The predicted molar refractivity (Wildman–Crippen MR) is 82.9 cm³/mol. The summed E-state index contributed by atoms with van der Waals surface area (Å²) in [4.78, 5) is 0. The zero-order chi connectivity index (χ0) is 14.7. The van der Waals surface area contributed by atoms with E-state index in [0.717, 1.165) is 16.9 Å². The molecule has 0 radical (unpaired) electrons. The standard InChI is InChI=1S/C15H15Cl2NO2/c1-9-3-4-14(19-2)10(5-9)8-20-15-7-12(17)11(16)6-13(15)18/h3-7H,8,18H2,1-2H3. The first kappa shape index (κ1) is 14.8. The number of halogens is 2. The SMILES string of the molecule is COc1ccc(C)cc1COc1cc(Cl)c(Cl)cc1N. The van der Waals surface area contributed by atoms with E-state index in [1.165, 1.54) is 0 Å². The number of benzene rings is 2. The normalized spacial score (nSPS) is 10.4. The van der Waals surface area contributed by atoms with Crippen molar-refractivity contribution in [3.63, 3.8) is 0 Å². The number of nitrogens with two attached hydrogens (primary N) is 1. The van der Waals surface area contributed by atoms with Crippen LogP contribution in [0.5, 0.6) is 11.5 Å². The lowest BCUT2D eigenvalue weighted by atomic mass is 10.1. The molecule has 0 unspecified atom stereocenters. The highest BCUT2D eigenvalue weighted by atomic mass is 35.5. The van der Waals surface area contributed by atoms with Gasteiger partial charge in [0.25, 0.3) is 0 Å². The first-order chi connectivity index (χ1) is 9.51. The van der Waals surface area contributed by atoms with Crippen molar-refractivity contribution in [2.45, 2.75) is 13.5 Å². The Labute approximate surface area is 128 Å². The van der Waals surface area contributed by atoms with E-state index in [1.807, 2.05) is 25.1 Å².